The third-order valence-corrected chi connectivity index (χ3v) is 9.26. The third kappa shape index (κ3) is 3.90. The summed E-state index contributed by atoms with van der Waals surface area (Å²) < 4.78 is 6.00. The Morgan fingerprint density at radius 2 is 1.89 bits per heavy atom. The Hall–Kier alpha value is -2.86. The highest BCUT2D eigenvalue weighted by atomic mass is 16.5. The van der Waals surface area contributed by atoms with Gasteiger partial charge in [0, 0.05) is 41.0 Å². The van der Waals surface area contributed by atoms with E-state index in [9.17, 15) is 9.90 Å². The van der Waals surface area contributed by atoms with E-state index < -0.39 is 5.97 Å². The number of hydrogen-bond acceptors (Lipinski definition) is 4. The first-order chi connectivity index (χ1) is 17.6. The van der Waals surface area contributed by atoms with Crippen molar-refractivity contribution >= 4 is 22.4 Å². The maximum Gasteiger partial charge on any atom is 0.337 e. The van der Waals surface area contributed by atoms with E-state index in [2.05, 4.69) is 33.2 Å². The SMILES string of the molecule is O=C(O)c1c[nH]c2cc(CN3CCC4(C=C(c5c(C6CCCCC6)noc5C5CC5)C4)CC3)ccc12. The molecular weight excluding hydrogens is 450 g/mol. The molecule has 3 aromatic rings. The van der Waals surface area contributed by atoms with E-state index in [1.54, 1.807) is 6.20 Å². The van der Waals surface area contributed by atoms with Crippen molar-refractivity contribution in [3.63, 3.8) is 0 Å². The first kappa shape index (κ1) is 22.3. The summed E-state index contributed by atoms with van der Waals surface area (Å²) in [5.41, 5.74) is 7.02. The highest BCUT2D eigenvalue weighted by Gasteiger charge is 2.44. The van der Waals surface area contributed by atoms with Crippen LogP contribution in [-0.2, 0) is 6.54 Å². The van der Waals surface area contributed by atoms with Gasteiger partial charge < -0.3 is 14.6 Å². The van der Waals surface area contributed by atoms with Gasteiger partial charge in [0.1, 0.15) is 5.76 Å². The summed E-state index contributed by atoms with van der Waals surface area (Å²) in [6.45, 7) is 3.11. The summed E-state index contributed by atoms with van der Waals surface area (Å²) in [5.74, 6) is 1.50. The van der Waals surface area contributed by atoms with E-state index >= 15 is 0 Å². The normalized spacial score (nSPS) is 22.6. The number of hydrogen-bond donors (Lipinski definition) is 2. The smallest absolute Gasteiger partial charge is 0.337 e. The molecule has 1 saturated heterocycles. The van der Waals surface area contributed by atoms with Crippen molar-refractivity contribution < 1.29 is 14.4 Å². The predicted octanol–water partition coefficient (Wildman–Crippen LogP) is 6.85. The number of rotatable bonds is 6. The van der Waals surface area contributed by atoms with Gasteiger partial charge in [-0.15, -0.1) is 0 Å². The summed E-state index contributed by atoms with van der Waals surface area (Å²) in [5, 5.41) is 14.8. The number of aromatic amines is 1. The van der Waals surface area contributed by atoms with E-state index in [-0.39, 0.29) is 0 Å². The molecule has 36 heavy (non-hydrogen) atoms. The zero-order chi connectivity index (χ0) is 24.3. The quantitative estimate of drug-likeness (QED) is 0.399. The summed E-state index contributed by atoms with van der Waals surface area (Å²) >= 11 is 0. The Morgan fingerprint density at radius 1 is 1.11 bits per heavy atom. The average Bonchev–Trinajstić information content (AvgIpc) is 3.48. The average molecular weight is 486 g/mol. The van der Waals surface area contributed by atoms with Gasteiger partial charge in [0.05, 0.1) is 11.3 Å². The molecule has 0 unspecified atom stereocenters. The Labute approximate surface area is 211 Å². The minimum absolute atomic E-state index is 0.341. The second-order valence-corrected chi connectivity index (χ2v) is 11.8. The number of aromatic nitrogens is 2. The van der Waals surface area contributed by atoms with Crippen LogP contribution in [0, 0.1) is 5.41 Å². The molecular formula is C30H35N3O3. The van der Waals surface area contributed by atoms with Gasteiger partial charge in [-0.1, -0.05) is 42.6 Å². The fraction of sp³-hybridized carbons (Fsp3) is 0.533. The lowest BCUT2D eigenvalue weighted by molar-refractivity contribution is 0.0699. The van der Waals surface area contributed by atoms with Gasteiger partial charge in [-0.3, -0.25) is 4.90 Å². The minimum Gasteiger partial charge on any atom is -0.478 e. The van der Waals surface area contributed by atoms with Gasteiger partial charge in [-0.05, 0) is 80.7 Å². The number of piperidine rings is 1. The molecule has 2 N–H and O–H groups in total. The molecule has 0 amide bonds. The minimum atomic E-state index is -0.885. The molecule has 1 aromatic carbocycles. The Bertz CT molecular complexity index is 1330. The highest BCUT2D eigenvalue weighted by molar-refractivity contribution is 6.03. The Morgan fingerprint density at radius 3 is 2.61 bits per heavy atom. The van der Waals surface area contributed by atoms with Gasteiger partial charge in [-0.25, -0.2) is 4.79 Å². The number of benzene rings is 1. The summed E-state index contributed by atoms with van der Waals surface area (Å²) in [6.07, 6.45) is 16.8. The summed E-state index contributed by atoms with van der Waals surface area (Å²) in [7, 11) is 0. The second kappa shape index (κ2) is 8.62. The fourth-order valence-electron chi connectivity index (χ4n) is 6.98. The third-order valence-electron chi connectivity index (χ3n) is 9.26. The molecule has 3 fully saturated rings. The molecule has 6 heteroatoms. The molecule has 1 aliphatic heterocycles. The standard InChI is InChI=1S/C30H35N3O3/c34-29(35)24-17-31-25-14-19(6-9-23(24)25)18-33-12-10-30(11-13-33)15-22(16-30)26-27(20-4-2-1-3-5-20)32-36-28(26)21-7-8-21/h6,9,14-15,17,20-21,31H,1-5,7-8,10-13,16,18H2,(H,34,35). The van der Waals surface area contributed by atoms with Crippen molar-refractivity contribution in [1.82, 2.24) is 15.0 Å². The van der Waals surface area contributed by atoms with Crippen LogP contribution in [0.3, 0.4) is 0 Å². The van der Waals surface area contributed by atoms with Crippen molar-refractivity contribution in [3.8, 4) is 0 Å². The van der Waals surface area contributed by atoms with Crippen molar-refractivity contribution in [1.29, 1.82) is 0 Å². The van der Waals surface area contributed by atoms with Crippen LogP contribution < -0.4 is 0 Å². The lowest BCUT2D eigenvalue weighted by Crippen LogP contribution is -2.41. The van der Waals surface area contributed by atoms with Crippen LogP contribution >= 0.6 is 0 Å². The molecule has 2 saturated carbocycles. The van der Waals surface area contributed by atoms with E-state index in [1.165, 1.54) is 92.4 Å². The van der Waals surface area contributed by atoms with Crippen LogP contribution in [0.4, 0.5) is 0 Å². The number of aromatic carboxylic acids is 1. The van der Waals surface area contributed by atoms with Crippen LogP contribution in [0.2, 0.25) is 0 Å². The van der Waals surface area contributed by atoms with Crippen molar-refractivity contribution in [2.24, 2.45) is 5.41 Å². The monoisotopic (exact) mass is 485 g/mol. The van der Waals surface area contributed by atoms with E-state index in [0.29, 0.717) is 22.8 Å². The number of H-pyrrole nitrogens is 1. The summed E-state index contributed by atoms with van der Waals surface area (Å²) in [4.78, 5) is 17.0. The lowest BCUT2D eigenvalue weighted by Gasteiger charge is -2.46. The van der Waals surface area contributed by atoms with Crippen LogP contribution in [0.15, 0.2) is 35.0 Å². The van der Waals surface area contributed by atoms with Gasteiger partial charge in [0.15, 0.2) is 0 Å². The predicted molar refractivity (Wildman–Crippen MR) is 139 cm³/mol. The van der Waals surface area contributed by atoms with Crippen molar-refractivity contribution in [2.75, 3.05) is 13.1 Å². The zero-order valence-corrected chi connectivity index (χ0v) is 20.9. The van der Waals surface area contributed by atoms with Crippen LogP contribution in [0.5, 0.6) is 0 Å². The number of carboxylic acids is 1. The van der Waals surface area contributed by atoms with Crippen LogP contribution in [0.25, 0.3) is 16.5 Å². The molecule has 7 rings (SSSR count). The molecule has 6 nitrogen and oxygen atoms in total. The van der Waals surface area contributed by atoms with Crippen LogP contribution in [0.1, 0.15) is 109 Å². The first-order valence-electron chi connectivity index (χ1n) is 13.9. The number of fused-ring (bicyclic) bond motifs is 1. The molecule has 188 valence electrons. The number of nitrogens with zero attached hydrogens (tertiary/aromatic N) is 2. The zero-order valence-electron chi connectivity index (χ0n) is 20.9. The van der Waals surface area contributed by atoms with Gasteiger partial charge in [-0.2, -0.15) is 0 Å². The van der Waals surface area contributed by atoms with E-state index in [1.807, 2.05) is 6.07 Å². The maximum atomic E-state index is 11.4. The molecule has 1 spiro atoms. The molecule has 4 aliphatic rings. The molecule has 3 aliphatic carbocycles. The molecule has 2 aromatic heterocycles. The number of likely N-dealkylation sites (tertiary alicyclic amines) is 1. The maximum absolute atomic E-state index is 11.4. The lowest BCUT2D eigenvalue weighted by atomic mass is 9.63. The first-order valence-corrected chi connectivity index (χ1v) is 13.9. The second-order valence-electron chi connectivity index (χ2n) is 11.8. The largest absolute Gasteiger partial charge is 0.478 e. The molecule has 0 radical (unpaired) electrons. The number of carbonyl (C=O) groups is 1. The Kier molecular flexibility index (Phi) is 5.35. The van der Waals surface area contributed by atoms with E-state index in [0.717, 1.165) is 30.5 Å². The van der Waals surface area contributed by atoms with Gasteiger partial charge >= 0.3 is 5.97 Å². The topological polar surface area (TPSA) is 82.4 Å². The molecule has 0 bridgehead atoms. The van der Waals surface area contributed by atoms with Gasteiger partial charge in [0.25, 0.3) is 0 Å². The van der Waals surface area contributed by atoms with Crippen molar-refractivity contribution in [3.05, 3.63) is 58.6 Å². The Balaban J connectivity index is 1.04. The molecule has 3 heterocycles. The van der Waals surface area contributed by atoms with Gasteiger partial charge in [0.2, 0.25) is 0 Å². The number of carboxylic acid groups (broad SMARTS) is 1. The highest BCUT2D eigenvalue weighted by Crippen LogP contribution is 2.55. The summed E-state index contributed by atoms with van der Waals surface area (Å²) in [6, 6.07) is 6.12. The van der Waals surface area contributed by atoms with E-state index in [4.69, 9.17) is 4.52 Å². The van der Waals surface area contributed by atoms with Crippen molar-refractivity contribution in [2.45, 2.75) is 82.6 Å². The fourth-order valence-corrected chi connectivity index (χ4v) is 6.98. The van der Waals surface area contributed by atoms with Crippen LogP contribution in [-0.4, -0.2) is 39.2 Å². The molecule has 0 atom stereocenters. The number of allylic oxidation sites excluding steroid dienone is 2. The number of nitrogens with one attached hydrogen (secondary N) is 1.